The lowest BCUT2D eigenvalue weighted by Crippen LogP contribution is -2.27. The smallest absolute Gasteiger partial charge is 0.387 e. The van der Waals surface area contributed by atoms with Gasteiger partial charge in [0.05, 0.1) is 6.61 Å². The third-order valence-electron chi connectivity index (χ3n) is 2.57. The van der Waals surface area contributed by atoms with Crippen molar-refractivity contribution in [1.29, 1.82) is 0 Å². The van der Waals surface area contributed by atoms with Crippen LogP contribution in [0.1, 0.15) is 18.9 Å². The van der Waals surface area contributed by atoms with Gasteiger partial charge in [0.2, 0.25) is 0 Å². The van der Waals surface area contributed by atoms with Crippen LogP contribution in [-0.2, 0) is 6.54 Å². The molecule has 0 fully saturated rings. The lowest BCUT2D eigenvalue weighted by molar-refractivity contribution is -0.0522. The molecule has 0 saturated carbocycles. The molecule has 19 heavy (non-hydrogen) atoms. The fourth-order valence-corrected chi connectivity index (χ4v) is 1.82. The van der Waals surface area contributed by atoms with Gasteiger partial charge in [-0.3, -0.25) is 4.90 Å². The van der Waals surface area contributed by atoms with E-state index in [4.69, 9.17) is 5.11 Å². The molecule has 0 bridgehead atoms. The van der Waals surface area contributed by atoms with E-state index in [1.54, 1.807) is 6.07 Å². The maximum absolute atomic E-state index is 13.5. The number of hydrogen-bond acceptors (Lipinski definition) is 3. The van der Waals surface area contributed by atoms with Gasteiger partial charge in [0.15, 0.2) is 11.6 Å². The van der Waals surface area contributed by atoms with Gasteiger partial charge in [-0.2, -0.15) is 8.78 Å². The second-order valence-electron chi connectivity index (χ2n) is 4.14. The number of aliphatic hydroxyl groups is 1. The van der Waals surface area contributed by atoms with Gasteiger partial charge in [-0.25, -0.2) is 4.39 Å². The number of benzene rings is 1. The Bertz CT molecular complexity index is 382. The molecular weight excluding hydrogens is 259 g/mol. The zero-order valence-electron chi connectivity index (χ0n) is 10.8. The van der Waals surface area contributed by atoms with Crippen molar-refractivity contribution in [1.82, 2.24) is 4.90 Å². The third-order valence-corrected chi connectivity index (χ3v) is 2.57. The first-order valence-electron chi connectivity index (χ1n) is 6.13. The molecule has 3 nitrogen and oxygen atoms in total. The third kappa shape index (κ3) is 5.48. The molecular formula is C13H18F3NO2. The molecule has 0 unspecified atom stereocenters. The molecule has 0 saturated heterocycles. The van der Waals surface area contributed by atoms with Gasteiger partial charge in [0.1, 0.15) is 0 Å². The van der Waals surface area contributed by atoms with Crippen LogP contribution in [0.4, 0.5) is 13.2 Å². The van der Waals surface area contributed by atoms with Crippen LogP contribution in [0.3, 0.4) is 0 Å². The number of nitrogens with zero attached hydrogens (tertiary/aromatic N) is 1. The number of aliphatic hydroxyl groups excluding tert-OH is 1. The van der Waals surface area contributed by atoms with E-state index >= 15 is 0 Å². The summed E-state index contributed by atoms with van der Waals surface area (Å²) in [6.45, 7) is 0.716. The SMILES string of the molecule is CCCN(CCO)Cc1ccc(OC(F)F)c(F)c1. The van der Waals surface area contributed by atoms with Crippen LogP contribution in [0.15, 0.2) is 18.2 Å². The Morgan fingerprint density at radius 2 is 2.05 bits per heavy atom. The Labute approximate surface area is 110 Å². The molecule has 6 heteroatoms. The van der Waals surface area contributed by atoms with Gasteiger partial charge in [-0.1, -0.05) is 13.0 Å². The maximum atomic E-state index is 13.5. The molecule has 0 aliphatic heterocycles. The molecule has 1 rings (SSSR count). The average molecular weight is 277 g/mol. The summed E-state index contributed by atoms with van der Waals surface area (Å²) < 4.78 is 41.5. The van der Waals surface area contributed by atoms with Gasteiger partial charge in [0.25, 0.3) is 0 Å². The van der Waals surface area contributed by atoms with Crippen LogP contribution in [0.2, 0.25) is 0 Å². The van der Waals surface area contributed by atoms with E-state index in [1.807, 2.05) is 11.8 Å². The van der Waals surface area contributed by atoms with Crippen molar-refractivity contribution >= 4 is 0 Å². The van der Waals surface area contributed by atoms with Crippen LogP contribution >= 0.6 is 0 Å². The lowest BCUT2D eigenvalue weighted by Gasteiger charge is -2.20. The normalized spacial score (nSPS) is 11.3. The van der Waals surface area contributed by atoms with Gasteiger partial charge in [-0.15, -0.1) is 0 Å². The van der Waals surface area contributed by atoms with Crippen molar-refractivity contribution in [3.63, 3.8) is 0 Å². The van der Waals surface area contributed by atoms with Crippen LogP contribution in [-0.4, -0.2) is 36.3 Å². The Kier molecular flexibility index (Phi) is 6.66. The van der Waals surface area contributed by atoms with Crippen molar-refractivity contribution in [2.45, 2.75) is 26.5 Å². The fourth-order valence-electron chi connectivity index (χ4n) is 1.82. The van der Waals surface area contributed by atoms with E-state index in [9.17, 15) is 13.2 Å². The van der Waals surface area contributed by atoms with E-state index in [0.29, 0.717) is 18.7 Å². The summed E-state index contributed by atoms with van der Waals surface area (Å²) in [5, 5.41) is 8.92. The number of halogens is 3. The second-order valence-corrected chi connectivity index (χ2v) is 4.14. The molecule has 0 aromatic heterocycles. The second kappa shape index (κ2) is 8.01. The number of alkyl halides is 2. The van der Waals surface area contributed by atoms with Crippen molar-refractivity contribution in [2.75, 3.05) is 19.7 Å². The summed E-state index contributed by atoms with van der Waals surface area (Å²) in [6.07, 6.45) is 0.912. The van der Waals surface area contributed by atoms with Crippen molar-refractivity contribution in [3.8, 4) is 5.75 Å². The van der Waals surface area contributed by atoms with E-state index < -0.39 is 18.2 Å². The van der Waals surface area contributed by atoms with E-state index in [1.165, 1.54) is 12.1 Å². The molecule has 0 atom stereocenters. The van der Waals surface area contributed by atoms with Crippen molar-refractivity contribution < 1.29 is 23.0 Å². The average Bonchev–Trinajstić information content (AvgIpc) is 2.33. The Balaban J connectivity index is 2.70. The molecule has 1 N–H and O–H groups in total. The Morgan fingerprint density at radius 1 is 1.32 bits per heavy atom. The topological polar surface area (TPSA) is 32.7 Å². The molecule has 0 aliphatic carbocycles. The molecule has 0 heterocycles. The predicted octanol–water partition coefficient (Wildman–Crippen LogP) is 2.63. The van der Waals surface area contributed by atoms with Crippen LogP contribution in [0.5, 0.6) is 5.75 Å². The van der Waals surface area contributed by atoms with Gasteiger partial charge < -0.3 is 9.84 Å². The first kappa shape index (κ1) is 15.8. The van der Waals surface area contributed by atoms with E-state index in [2.05, 4.69) is 4.74 Å². The zero-order chi connectivity index (χ0) is 14.3. The first-order valence-corrected chi connectivity index (χ1v) is 6.13. The zero-order valence-corrected chi connectivity index (χ0v) is 10.8. The molecule has 108 valence electrons. The van der Waals surface area contributed by atoms with Crippen LogP contribution in [0.25, 0.3) is 0 Å². The van der Waals surface area contributed by atoms with Crippen LogP contribution in [0, 0.1) is 5.82 Å². The molecule has 0 spiro atoms. The minimum absolute atomic E-state index is 0.0229. The largest absolute Gasteiger partial charge is 0.432 e. The minimum Gasteiger partial charge on any atom is -0.432 e. The standard InChI is InChI=1S/C13H18F3NO2/c1-2-5-17(6-7-18)9-10-3-4-12(11(14)8-10)19-13(15)16/h3-4,8,13,18H,2,5-7,9H2,1H3. The first-order chi connectivity index (χ1) is 9.06. The highest BCUT2D eigenvalue weighted by atomic mass is 19.3. The van der Waals surface area contributed by atoms with Crippen molar-refractivity contribution in [2.24, 2.45) is 0 Å². The van der Waals surface area contributed by atoms with Gasteiger partial charge >= 0.3 is 6.61 Å². The summed E-state index contributed by atoms with van der Waals surface area (Å²) in [6, 6.07) is 3.92. The number of ether oxygens (including phenoxy) is 1. The highest BCUT2D eigenvalue weighted by Gasteiger charge is 2.11. The minimum atomic E-state index is -3.04. The molecule has 1 aromatic rings. The monoisotopic (exact) mass is 277 g/mol. The molecule has 1 aromatic carbocycles. The molecule has 0 aliphatic rings. The fraction of sp³-hybridized carbons (Fsp3) is 0.538. The maximum Gasteiger partial charge on any atom is 0.387 e. The van der Waals surface area contributed by atoms with E-state index in [-0.39, 0.29) is 6.61 Å². The molecule has 0 amide bonds. The summed E-state index contributed by atoms with van der Waals surface area (Å²) >= 11 is 0. The van der Waals surface area contributed by atoms with Gasteiger partial charge in [0, 0.05) is 13.1 Å². The van der Waals surface area contributed by atoms with Gasteiger partial charge in [-0.05, 0) is 30.7 Å². The Morgan fingerprint density at radius 3 is 2.58 bits per heavy atom. The molecule has 0 radical (unpaired) electrons. The highest BCUT2D eigenvalue weighted by molar-refractivity contribution is 5.29. The summed E-state index contributed by atoms with van der Waals surface area (Å²) in [7, 11) is 0. The van der Waals surface area contributed by atoms with E-state index in [0.717, 1.165) is 13.0 Å². The van der Waals surface area contributed by atoms with Crippen molar-refractivity contribution in [3.05, 3.63) is 29.6 Å². The Hall–Kier alpha value is -1.27. The summed E-state index contributed by atoms with van der Waals surface area (Å²) in [5.74, 6) is -1.26. The number of rotatable bonds is 8. The number of hydrogen-bond donors (Lipinski definition) is 1. The van der Waals surface area contributed by atoms with Crippen LogP contribution < -0.4 is 4.74 Å². The highest BCUT2D eigenvalue weighted by Crippen LogP contribution is 2.21. The quantitative estimate of drug-likeness (QED) is 0.793. The lowest BCUT2D eigenvalue weighted by atomic mass is 10.2. The summed E-state index contributed by atoms with van der Waals surface area (Å²) in [4.78, 5) is 1.96. The summed E-state index contributed by atoms with van der Waals surface area (Å²) in [5.41, 5.74) is 0.654. The predicted molar refractivity (Wildman–Crippen MR) is 65.7 cm³/mol.